The summed E-state index contributed by atoms with van der Waals surface area (Å²) in [6.07, 6.45) is 3.62. The molecular weight excluding hydrogens is 250 g/mol. The highest BCUT2D eigenvalue weighted by Gasteiger charge is 2.06. The molecule has 2 aromatic heterocycles. The van der Waals surface area contributed by atoms with Gasteiger partial charge in [-0.05, 0) is 36.6 Å². The summed E-state index contributed by atoms with van der Waals surface area (Å²) in [6.45, 7) is 2.20. The summed E-state index contributed by atoms with van der Waals surface area (Å²) in [5.74, 6) is -0.0445. The molecule has 4 nitrogen and oxygen atoms in total. The molecule has 0 spiro atoms. The van der Waals surface area contributed by atoms with Crippen LogP contribution in [0.15, 0.2) is 54.9 Å². The molecule has 0 atom stereocenters. The average Bonchev–Trinajstić information content (AvgIpc) is 2.82. The maximum Gasteiger partial charge on any atom is 0.244 e. The van der Waals surface area contributed by atoms with Crippen LogP contribution in [0.5, 0.6) is 0 Å². The number of carbonyl (C=O) groups excluding carboxylic acids is 1. The Morgan fingerprint density at radius 2 is 2.10 bits per heavy atom. The first-order chi connectivity index (χ1) is 9.72. The Hall–Kier alpha value is -2.62. The quantitative estimate of drug-likeness (QED) is 0.791. The van der Waals surface area contributed by atoms with Crippen LogP contribution in [0.4, 0.5) is 5.69 Å². The largest absolute Gasteiger partial charge is 0.338 e. The van der Waals surface area contributed by atoms with E-state index in [0.717, 1.165) is 22.3 Å². The predicted octanol–water partition coefficient (Wildman–Crippen LogP) is 2.98. The second kappa shape index (κ2) is 5.17. The fourth-order valence-corrected chi connectivity index (χ4v) is 2.26. The number of benzene rings is 1. The summed E-state index contributed by atoms with van der Waals surface area (Å²) in [5.41, 5.74) is 2.72. The average molecular weight is 265 g/mol. The molecule has 0 bridgehead atoms. The third-order valence-corrected chi connectivity index (χ3v) is 3.17. The fraction of sp³-hybridized carbons (Fsp3) is 0.125. The second-order valence-electron chi connectivity index (χ2n) is 4.74. The molecule has 20 heavy (non-hydrogen) atoms. The first-order valence-electron chi connectivity index (χ1n) is 6.49. The first-order valence-corrected chi connectivity index (χ1v) is 6.49. The number of aromatic nitrogens is 2. The molecule has 1 aromatic carbocycles. The van der Waals surface area contributed by atoms with Crippen molar-refractivity contribution in [3.05, 3.63) is 60.6 Å². The van der Waals surface area contributed by atoms with Gasteiger partial charge in [0, 0.05) is 29.3 Å². The number of hydrogen-bond donors (Lipinski definition) is 1. The predicted molar refractivity (Wildman–Crippen MR) is 79.5 cm³/mol. The molecule has 3 rings (SSSR count). The summed E-state index contributed by atoms with van der Waals surface area (Å²) in [5, 5.41) is 4.02. The molecule has 1 amide bonds. The molecule has 0 saturated heterocycles. The Morgan fingerprint density at radius 1 is 1.25 bits per heavy atom. The molecule has 0 unspecified atom stereocenters. The van der Waals surface area contributed by atoms with Gasteiger partial charge in [-0.2, -0.15) is 0 Å². The van der Waals surface area contributed by atoms with Gasteiger partial charge in [0.15, 0.2) is 0 Å². The summed E-state index contributed by atoms with van der Waals surface area (Å²) < 4.78 is 1.94. The number of hydrogen-bond acceptors (Lipinski definition) is 2. The van der Waals surface area contributed by atoms with Crippen LogP contribution in [0, 0.1) is 6.92 Å². The Bertz CT molecular complexity index is 761. The van der Waals surface area contributed by atoms with Crippen LogP contribution in [0.1, 0.15) is 5.69 Å². The van der Waals surface area contributed by atoms with Crippen molar-refractivity contribution < 1.29 is 4.79 Å². The summed E-state index contributed by atoms with van der Waals surface area (Å²) in [6, 6.07) is 13.7. The Balaban J connectivity index is 1.76. The number of aryl methyl sites for hydroxylation is 1. The highest BCUT2D eigenvalue weighted by molar-refractivity contribution is 5.92. The lowest BCUT2D eigenvalue weighted by Gasteiger charge is -2.07. The zero-order valence-corrected chi connectivity index (χ0v) is 11.2. The molecule has 4 heteroatoms. The lowest BCUT2D eigenvalue weighted by atomic mass is 10.2. The Labute approximate surface area is 117 Å². The first kappa shape index (κ1) is 12.4. The Morgan fingerprint density at radius 3 is 2.95 bits per heavy atom. The number of anilines is 1. The SMILES string of the molecule is Cc1cc(NC(=O)Cn2ccc3ccccc32)ccn1. The van der Waals surface area contributed by atoms with E-state index in [1.807, 2.05) is 54.1 Å². The van der Waals surface area contributed by atoms with Gasteiger partial charge in [0.1, 0.15) is 6.54 Å². The Kier molecular flexibility index (Phi) is 3.21. The zero-order valence-electron chi connectivity index (χ0n) is 11.2. The lowest BCUT2D eigenvalue weighted by molar-refractivity contribution is -0.116. The van der Waals surface area contributed by atoms with Crippen molar-refractivity contribution in [2.75, 3.05) is 5.32 Å². The van der Waals surface area contributed by atoms with Crippen molar-refractivity contribution >= 4 is 22.5 Å². The van der Waals surface area contributed by atoms with E-state index >= 15 is 0 Å². The third-order valence-electron chi connectivity index (χ3n) is 3.17. The monoisotopic (exact) mass is 265 g/mol. The van der Waals surface area contributed by atoms with Gasteiger partial charge < -0.3 is 9.88 Å². The number of nitrogens with one attached hydrogen (secondary N) is 1. The van der Waals surface area contributed by atoms with Gasteiger partial charge in [-0.3, -0.25) is 9.78 Å². The van der Waals surface area contributed by atoms with Crippen molar-refractivity contribution in [1.29, 1.82) is 0 Å². The van der Waals surface area contributed by atoms with Crippen LogP contribution < -0.4 is 5.32 Å². The number of pyridine rings is 1. The number of para-hydroxylation sites is 1. The van der Waals surface area contributed by atoms with Gasteiger partial charge in [0.25, 0.3) is 0 Å². The molecule has 2 heterocycles. The molecular formula is C16H15N3O. The number of nitrogens with zero attached hydrogens (tertiary/aromatic N) is 2. The molecule has 0 saturated carbocycles. The molecule has 0 aliphatic carbocycles. The standard InChI is InChI=1S/C16H15N3O/c1-12-10-14(6-8-17-12)18-16(20)11-19-9-7-13-4-2-3-5-15(13)19/h2-10H,11H2,1H3,(H,17,18,20). The van der Waals surface area contributed by atoms with E-state index in [2.05, 4.69) is 10.3 Å². The van der Waals surface area contributed by atoms with Crippen LogP contribution in [-0.4, -0.2) is 15.5 Å². The van der Waals surface area contributed by atoms with E-state index in [4.69, 9.17) is 0 Å². The minimum atomic E-state index is -0.0445. The minimum absolute atomic E-state index is 0.0445. The van der Waals surface area contributed by atoms with Crippen LogP contribution in [-0.2, 0) is 11.3 Å². The third kappa shape index (κ3) is 2.54. The molecule has 0 aliphatic heterocycles. The molecule has 3 aromatic rings. The van der Waals surface area contributed by atoms with Crippen molar-refractivity contribution in [3.8, 4) is 0 Å². The summed E-state index contributed by atoms with van der Waals surface area (Å²) in [4.78, 5) is 16.2. The lowest BCUT2D eigenvalue weighted by Crippen LogP contribution is -2.18. The van der Waals surface area contributed by atoms with E-state index in [0.29, 0.717) is 6.54 Å². The van der Waals surface area contributed by atoms with E-state index < -0.39 is 0 Å². The second-order valence-corrected chi connectivity index (χ2v) is 4.74. The zero-order chi connectivity index (χ0) is 13.9. The van der Waals surface area contributed by atoms with Crippen molar-refractivity contribution in [2.45, 2.75) is 13.5 Å². The molecule has 0 fully saturated rings. The molecule has 100 valence electrons. The highest BCUT2D eigenvalue weighted by atomic mass is 16.1. The maximum absolute atomic E-state index is 12.1. The van der Waals surface area contributed by atoms with Crippen LogP contribution in [0.2, 0.25) is 0 Å². The topological polar surface area (TPSA) is 46.9 Å². The van der Waals surface area contributed by atoms with Gasteiger partial charge in [0.05, 0.1) is 0 Å². The number of amides is 1. The van der Waals surface area contributed by atoms with Crippen molar-refractivity contribution in [2.24, 2.45) is 0 Å². The van der Waals surface area contributed by atoms with E-state index in [-0.39, 0.29) is 5.91 Å². The summed E-state index contributed by atoms with van der Waals surface area (Å²) >= 11 is 0. The van der Waals surface area contributed by atoms with Crippen LogP contribution in [0.3, 0.4) is 0 Å². The smallest absolute Gasteiger partial charge is 0.244 e. The number of rotatable bonds is 3. The minimum Gasteiger partial charge on any atom is -0.338 e. The van der Waals surface area contributed by atoms with Gasteiger partial charge in [0.2, 0.25) is 5.91 Å². The number of fused-ring (bicyclic) bond motifs is 1. The highest BCUT2D eigenvalue weighted by Crippen LogP contribution is 2.15. The summed E-state index contributed by atoms with van der Waals surface area (Å²) in [7, 11) is 0. The van der Waals surface area contributed by atoms with Crippen molar-refractivity contribution in [1.82, 2.24) is 9.55 Å². The van der Waals surface area contributed by atoms with Gasteiger partial charge >= 0.3 is 0 Å². The molecule has 1 N–H and O–H groups in total. The van der Waals surface area contributed by atoms with Crippen LogP contribution in [0.25, 0.3) is 10.9 Å². The van der Waals surface area contributed by atoms with Crippen LogP contribution >= 0.6 is 0 Å². The molecule has 0 radical (unpaired) electrons. The molecule has 0 aliphatic rings. The van der Waals surface area contributed by atoms with Gasteiger partial charge in [-0.1, -0.05) is 18.2 Å². The van der Waals surface area contributed by atoms with Gasteiger partial charge in [-0.25, -0.2) is 0 Å². The fourth-order valence-electron chi connectivity index (χ4n) is 2.26. The van der Waals surface area contributed by atoms with Gasteiger partial charge in [-0.15, -0.1) is 0 Å². The normalized spacial score (nSPS) is 10.7. The van der Waals surface area contributed by atoms with E-state index in [1.165, 1.54) is 0 Å². The van der Waals surface area contributed by atoms with E-state index in [1.54, 1.807) is 12.3 Å². The van der Waals surface area contributed by atoms with Crippen molar-refractivity contribution in [3.63, 3.8) is 0 Å². The van der Waals surface area contributed by atoms with E-state index in [9.17, 15) is 4.79 Å². The number of carbonyl (C=O) groups is 1. The maximum atomic E-state index is 12.1.